The predicted octanol–water partition coefficient (Wildman–Crippen LogP) is 2.25. The molecule has 1 aromatic heterocycles. The van der Waals surface area contributed by atoms with Gasteiger partial charge in [0.15, 0.2) is 0 Å². The maximum atomic E-state index is 11.6. The van der Waals surface area contributed by atoms with Crippen LogP contribution in [-0.4, -0.2) is 30.1 Å². The first-order valence-corrected chi connectivity index (χ1v) is 7.85. The summed E-state index contributed by atoms with van der Waals surface area (Å²) in [6.07, 6.45) is 0.905. The predicted molar refractivity (Wildman–Crippen MR) is 80.2 cm³/mol. The largest absolute Gasteiger partial charge is 0.354 e. The van der Waals surface area contributed by atoms with Crippen LogP contribution in [0.25, 0.3) is 0 Å². The van der Waals surface area contributed by atoms with E-state index in [-0.39, 0.29) is 24.4 Å². The Morgan fingerprint density at radius 2 is 2.41 bits per heavy atom. The van der Waals surface area contributed by atoms with Crippen LogP contribution in [0.4, 0.5) is 0 Å². The fourth-order valence-corrected chi connectivity index (χ4v) is 3.91. The van der Waals surface area contributed by atoms with Crippen molar-refractivity contribution in [3.63, 3.8) is 0 Å². The third-order valence-electron chi connectivity index (χ3n) is 2.33. The number of carbonyl (C=O) groups is 1. The Morgan fingerprint density at radius 1 is 1.59 bits per heavy atom. The van der Waals surface area contributed by atoms with E-state index in [0.29, 0.717) is 6.54 Å². The van der Waals surface area contributed by atoms with Crippen molar-refractivity contribution < 1.29 is 4.79 Å². The van der Waals surface area contributed by atoms with E-state index in [9.17, 15) is 4.79 Å². The van der Waals surface area contributed by atoms with Crippen LogP contribution < -0.4 is 10.6 Å². The smallest absolute Gasteiger partial charge is 0.238 e. The topological polar surface area (TPSA) is 41.1 Å². The van der Waals surface area contributed by atoms with Gasteiger partial charge in [0, 0.05) is 23.1 Å². The van der Waals surface area contributed by atoms with Crippen LogP contribution in [0.5, 0.6) is 0 Å². The minimum Gasteiger partial charge on any atom is -0.354 e. The summed E-state index contributed by atoms with van der Waals surface area (Å²) in [6, 6.07) is 4.13. The third-order valence-corrected chi connectivity index (χ3v) is 4.96. The molecule has 1 unspecified atom stereocenters. The van der Waals surface area contributed by atoms with Gasteiger partial charge in [0.1, 0.15) is 0 Å². The molecule has 3 nitrogen and oxygen atoms in total. The second-order valence-corrected chi connectivity index (χ2v) is 7.10. The summed E-state index contributed by atoms with van der Waals surface area (Å²) in [5, 5.41) is 6.11. The zero-order valence-electron chi connectivity index (χ0n) is 9.07. The van der Waals surface area contributed by atoms with Crippen molar-refractivity contribution in [2.75, 3.05) is 18.2 Å². The van der Waals surface area contributed by atoms with Gasteiger partial charge in [-0.1, -0.05) is 0 Å². The highest BCUT2D eigenvalue weighted by Gasteiger charge is 2.21. The van der Waals surface area contributed by atoms with Gasteiger partial charge in [-0.2, -0.15) is 0 Å². The summed E-state index contributed by atoms with van der Waals surface area (Å²) in [4.78, 5) is 12.9. The Bertz CT molecular complexity index is 369. The maximum absolute atomic E-state index is 11.6. The quantitative estimate of drug-likeness (QED) is 0.868. The van der Waals surface area contributed by atoms with Crippen molar-refractivity contribution in [1.82, 2.24) is 10.6 Å². The zero-order valence-corrected chi connectivity index (χ0v) is 13.1. The molecule has 1 atom stereocenters. The summed E-state index contributed by atoms with van der Waals surface area (Å²) < 4.78 is 1.14. The molecule has 0 spiro atoms. The first kappa shape index (κ1) is 15.3. The average Bonchev–Trinajstić information content (AvgIpc) is 2.89. The van der Waals surface area contributed by atoms with E-state index < -0.39 is 0 Å². The molecule has 2 heterocycles. The van der Waals surface area contributed by atoms with Crippen molar-refractivity contribution >= 4 is 57.3 Å². The Balaban J connectivity index is 0.00000144. The monoisotopic (exact) mass is 356 g/mol. The summed E-state index contributed by atoms with van der Waals surface area (Å²) in [6.45, 7) is 0.717. The Labute approximate surface area is 124 Å². The fraction of sp³-hybridized carbons (Fsp3) is 0.500. The molecule has 2 rings (SSSR count). The molecule has 0 aliphatic carbocycles. The molecular formula is C10H14BrClN2OS2. The Morgan fingerprint density at radius 3 is 3.00 bits per heavy atom. The highest BCUT2D eigenvalue weighted by Crippen LogP contribution is 2.22. The summed E-state index contributed by atoms with van der Waals surface area (Å²) >= 11 is 6.91. The standard InChI is InChI=1S/C10H13BrN2OS2.ClH/c11-9-2-1-7(16-9)3-4-12-10(14)8-5-15-6-13-8;/h1-2,8,13H,3-6H2,(H,12,14);1H. The Hall–Kier alpha value is 0.250. The van der Waals surface area contributed by atoms with E-state index in [1.165, 1.54) is 4.88 Å². The van der Waals surface area contributed by atoms with E-state index >= 15 is 0 Å². The summed E-state index contributed by atoms with van der Waals surface area (Å²) in [5.74, 6) is 1.90. The van der Waals surface area contributed by atoms with Gasteiger partial charge in [-0.15, -0.1) is 35.5 Å². The summed E-state index contributed by atoms with van der Waals surface area (Å²) in [7, 11) is 0. The normalized spacial score (nSPS) is 18.8. The molecule has 1 aliphatic rings. The lowest BCUT2D eigenvalue weighted by atomic mass is 10.3. The maximum Gasteiger partial charge on any atom is 0.238 e. The second-order valence-electron chi connectivity index (χ2n) is 3.52. The lowest BCUT2D eigenvalue weighted by Gasteiger charge is -2.09. The van der Waals surface area contributed by atoms with Crippen molar-refractivity contribution in [2.24, 2.45) is 0 Å². The van der Waals surface area contributed by atoms with E-state index in [0.717, 1.165) is 21.8 Å². The lowest BCUT2D eigenvalue weighted by Crippen LogP contribution is -2.42. The van der Waals surface area contributed by atoms with Crippen molar-refractivity contribution in [1.29, 1.82) is 0 Å². The molecule has 1 aromatic rings. The number of carbonyl (C=O) groups excluding carboxylic acids is 1. The van der Waals surface area contributed by atoms with Gasteiger partial charge in [0.25, 0.3) is 0 Å². The average molecular weight is 358 g/mol. The summed E-state index contributed by atoms with van der Waals surface area (Å²) in [5.41, 5.74) is 0. The molecule has 0 radical (unpaired) electrons. The van der Waals surface area contributed by atoms with Crippen LogP contribution in [0, 0.1) is 0 Å². The van der Waals surface area contributed by atoms with Crippen LogP contribution in [0.3, 0.4) is 0 Å². The van der Waals surface area contributed by atoms with Gasteiger partial charge in [-0.05, 0) is 34.5 Å². The molecule has 0 saturated carbocycles. The van der Waals surface area contributed by atoms with E-state index in [1.807, 2.05) is 6.07 Å². The number of hydrogen-bond donors (Lipinski definition) is 2. The number of halogens is 2. The van der Waals surface area contributed by atoms with E-state index in [2.05, 4.69) is 32.6 Å². The minimum atomic E-state index is 0. The molecule has 17 heavy (non-hydrogen) atoms. The van der Waals surface area contributed by atoms with Crippen molar-refractivity contribution in [3.8, 4) is 0 Å². The van der Waals surface area contributed by atoms with Gasteiger partial charge in [0.05, 0.1) is 9.83 Å². The Kier molecular flexibility index (Phi) is 6.87. The van der Waals surface area contributed by atoms with E-state index in [4.69, 9.17) is 0 Å². The van der Waals surface area contributed by atoms with Crippen molar-refractivity contribution in [2.45, 2.75) is 12.5 Å². The lowest BCUT2D eigenvalue weighted by molar-refractivity contribution is -0.122. The first-order valence-electron chi connectivity index (χ1n) is 5.09. The molecule has 0 bridgehead atoms. The molecule has 7 heteroatoms. The minimum absolute atomic E-state index is 0. The highest BCUT2D eigenvalue weighted by molar-refractivity contribution is 9.11. The molecule has 0 aromatic carbocycles. The number of hydrogen-bond acceptors (Lipinski definition) is 4. The van der Waals surface area contributed by atoms with Gasteiger partial charge in [-0.3, -0.25) is 10.1 Å². The number of amides is 1. The number of rotatable bonds is 4. The van der Waals surface area contributed by atoms with Gasteiger partial charge >= 0.3 is 0 Å². The van der Waals surface area contributed by atoms with Crippen LogP contribution in [0.1, 0.15) is 4.88 Å². The van der Waals surface area contributed by atoms with Crippen LogP contribution in [0.15, 0.2) is 15.9 Å². The van der Waals surface area contributed by atoms with E-state index in [1.54, 1.807) is 23.1 Å². The van der Waals surface area contributed by atoms with Gasteiger partial charge < -0.3 is 5.32 Å². The fourth-order valence-electron chi connectivity index (χ4n) is 1.48. The second kappa shape index (κ2) is 7.63. The molecule has 1 amide bonds. The first-order chi connectivity index (χ1) is 7.75. The van der Waals surface area contributed by atoms with Crippen molar-refractivity contribution in [3.05, 3.63) is 20.8 Å². The van der Waals surface area contributed by atoms with Crippen LogP contribution in [-0.2, 0) is 11.2 Å². The van der Waals surface area contributed by atoms with Crippen LogP contribution in [0.2, 0.25) is 0 Å². The molecule has 1 fully saturated rings. The SMILES string of the molecule is Cl.O=C(NCCc1ccc(Br)s1)C1CSCN1. The molecule has 1 saturated heterocycles. The van der Waals surface area contributed by atoms with Gasteiger partial charge in [0.2, 0.25) is 5.91 Å². The molecule has 2 N–H and O–H groups in total. The number of thiophene rings is 1. The molecular weight excluding hydrogens is 344 g/mol. The molecule has 1 aliphatic heterocycles. The third kappa shape index (κ3) is 4.79. The van der Waals surface area contributed by atoms with Crippen LogP contribution >= 0.6 is 51.4 Å². The zero-order chi connectivity index (χ0) is 11.4. The number of nitrogens with one attached hydrogen (secondary N) is 2. The van der Waals surface area contributed by atoms with Gasteiger partial charge in [-0.25, -0.2) is 0 Å². The molecule has 96 valence electrons. The highest BCUT2D eigenvalue weighted by atomic mass is 79.9. The number of thioether (sulfide) groups is 1.